The molecule has 0 aromatic heterocycles. The summed E-state index contributed by atoms with van der Waals surface area (Å²) in [6.07, 6.45) is 2.86. The Morgan fingerprint density at radius 1 is 1.08 bits per heavy atom. The van der Waals surface area contributed by atoms with Crippen LogP contribution in [0.1, 0.15) is 50.4 Å². The van der Waals surface area contributed by atoms with E-state index in [4.69, 9.17) is 4.74 Å². The fraction of sp³-hybridized carbons (Fsp3) is 0.632. The number of ether oxygens (including phenoxy) is 1. The molecule has 0 N–H and O–H groups in total. The number of hydrogen-bond acceptors (Lipinski definition) is 4. The van der Waals surface area contributed by atoms with Gasteiger partial charge in [0.1, 0.15) is 0 Å². The van der Waals surface area contributed by atoms with Crippen LogP contribution in [0.4, 0.5) is 0 Å². The van der Waals surface area contributed by atoms with Crippen LogP contribution in [0, 0.1) is 0 Å². The Kier molecular flexibility index (Phi) is 5.69. The molecule has 144 valence electrons. The van der Waals surface area contributed by atoms with Crippen molar-refractivity contribution < 1.29 is 17.9 Å². The minimum absolute atomic E-state index is 0.00962. The minimum atomic E-state index is -3.51. The Hall–Kier alpha value is -1.44. The van der Waals surface area contributed by atoms with Crippen LogP contribution in [0.25, 0.3) is 0 Å². The molecule has 0 saturated carbocycles. The smallest absolute Gasteiger partial charge is 0.254 e. The maximum absolute atomic E-state index is 12.9. The summed E-state index contributed by atoms with van der Waals surface area (Å²) in [6.45, 7) is 7.49. The molecule has 7 heteroatoms. The van der Waals surface area contributed by atoms with Crippen molar-refractivity contribution in [3.8, 4) is 0 Å². The van der Waals surface area contributed by atoms with E-state index in [0.29, 0.717) is 25.3 Å². The normalized spacial score (nSPS) is 28.1. The van der Waals surface area contributed by atoms with Gasteiger partial charge >= 0.3 is 0 Å². The van der Waals surface area contributed by atoms with Crippen LogP contribution in [0.2, 0.25) is 0 Å². The zero-order chi connectivity index (χ0) is 18.9. The number of hydrogen-bond donors (Lipinski definition) is 0. The number of rotatable bonds is 3. The third-order valence-corrected chi connectivity index (χ3v) is 7.35. The van der Waals surface area contributed by atoms with Crippen LogP contribution in [0.15, 0.2) is 29.2 Å². The summed E-state index contributed by atoms with van der Waals surface area (Å²) in [6, 6.07) is 6.38. The van der Waals surface area contributed by atoms with Crippen molar-refractivity contribution in [3.63, 3.8) is 0 Å². The van der Waals surface area contributed by atoms with Gasteiger partial charge in [-0.2, -0.15) is 4.31 Å². The molecule has 6 nitrogen and oxygen atoms in total. The largest absolute Gasteiger partial charge is 0.375 e. The molecule has 2 fully saturated rings. The molecule has 26 heavy (non-hydrogen) atoms. The maximum atomic E-state index is 12.9. The molecule has 3 rings (SSSR count). The number of amides is 1. The molecule has 0 radical (unpaired) electrons. The Morgan fingerprint density at radius 2 is 1.77 bits per heavy atom. The first-order valence-electron chi connectivity index (χ1n) is 9.35. The van der Waals surface area contributed by atoms with Crippen LogP contribution in [-0.2, 0) is 14.8 Å². The van der Waals surface area contributed by atoms with E-state index >= 15 is 0 Å². The van der Waals surface area contributed by atoms with E-state index in [9.17, 15) is 13.2 Å². The highest BCUT2D eigenvalue weighted by atomic mass is 32.2. The summed E-state index contributed by atoms with van der Waals surface area (Å²) in [7, 11) is -3.51. The van der Waals surface area contributed by atoms with Crippen molar-refractivity contribution in [2.24, 2.45) is 0 Å². The molecule has 2 saturated heterocycles. The van der Waals surface area contributed by atoms with Gasteiger partial charge in [-0.05, 0) is 57.9 Å². The van der Waals surface area contributed by atoms with Crippen molar-refractivity contribution in [1.29, 1.82) is 0 Å². The van der Waals surface area contributed by atoms with Gasteiger partial charge in [-0.3, -0.25) is 4.79 Å². The second-order valence-corrected chi connectivity index (χ2v) is 9.33. The second-order valence-electron chi connectivity index (χ2n) is 7.44. The molecule has 3 unspecified atom stereocenters. The third-order valence-electron chi connectivity index (χ3n) is 5.32. The molecule has 2 heterocycles. The standard InChI is InChI=1S/C19H28N2O4S/c1-14-6-4-5-11-21(14)26(23,24)18-9-7-17(8-10-18)19(22)20-12-16(3)25-13-15(20)2/h7-10,14-16H,4-6,11-13H2,1-3H3. The van der Waals surface area contributed by atoms with E-state index in [-0.39, 0.29) is 29.0 Å². The first-order chi connectivity index (χ1) is 12.3. The summed E-state index contributed by atoms with van der Waals surface area (Å²) >= 11 is 0. The third kappa shape index (κ3) is 3.80. The second kappa shape index (κ2) is 7.66. The number of nitrogens with zero attached hydrogens (tertiary/aromatic N) is 2. The van der Waals surface area contributed by atoms with E-state index in [0.717, 1.165) is 19.3 Å². The van der Waals surface area contributed by atoms with E-state index < -0.39 is 10.0 Å². The highest BCUT2D eigenvalue weighted by Crippen LogP contribution is 2.25. The zero-order valence-electron chi connectivity index (χ0n) is 15.7. The topological polar surface area (TPSA) is 66.9 Å². The average Bonchev–Trinajstić information content (AvgIpc) is 2.63. The van der Waals surface area contributed by atoms with Crippen LogP contribution < -0.4 is 0 Å². The summed E-state index contributed by atoms with van der Waals surface area (Å²) in [4.78, 5) is 14.8. The van der Waals surface area contributed by atoms with Crippen LogP contribution in [0.5, 0.6) is 0 Å². The van der Waals surface area contributed by atoms with Crippen LogP contribution >= 0.6 is 0 Å². The van der Waals surface area contributed by atoms with Crippen molar-refractivity contribution in [2.45, 2.75) is 63.1 Å². The first kappa shape index (κ1) is 19.3. The Bertz CT molecular complexity index is 747. The molecule has 1 aromatic rings. The predicted molar refractivity (Wildman–Crippen MR) is 99.6 cm³/mol. The Labute approximate surface area is 156 Å². The lowest BCUT2D eigenvalue weighted by Gasteiger charge is -2.37. The summed E-state index contributed by atoms with van der Waals surface area (Å²) in [5, 5.41) is 0. The highest BCUT2D eigenvalue weighted by molar-refractivity contribution is 7.89. The van der Waals surface area contributed by atoms with Gasteiger partial charge in [-0.15, -0.1) is 0 Å². The Morgan fingerprint density at radius 3 is 2.42 bits per heavy atom. The number of morpholine rings is 1. The van der Waals surface area contributed by atoms with E-state index in [1.54, 1.807) is 33.5 Å². The lowest BCUT2D eigenvalue weighted by molar-refractivity contribution is -0.0387. The molecule has 0 spiro atoms. The van der Waals surface area contributed by atoms with Crippen LogP contribution in [0.3, 0.4) is 0 Å². The lowest BCUT2D eigenvalue weighted by atomic mass is 10.1. The molecule has 2 aliphatic heterocycles. The fourth-order valence-electron chi connectivity index (χ4n) is 3.69. The van der Waals surface area contributed by atoms with Crippen molar-refractivity contribution >= 4 is 15.9 Å². The SMILES string of the molecule is CC1CN(C(=O)c2ccc(S(=O)(=O)N3CCCCC3C)cc2)C(C)CO1. The van der Waals surface area contributed by atoms with Gasteiger partial charge in [-0.25, -0.2) is 8.42 Å². The first-order valence-corrected chi connectivity index (χ1v) is 10.8. The van der Waals surface area contributed by atoms with Gasteiger partial charge in [0.05, 0.1) is 23.6 Å². The minimum Gasteiger partial charge on any atom is -0.375 e. The predicted octanol–water partition coefficient (Wildman–Crippen LogP) is 2.50. The molecular formula is C19H28N2O4S. The number of carbonyl (C=O) groups is 1. The summed E-state index contributed by atoms with van der Waals surface area (Å²) < 4.78 is 32.9. The lowest BCUT2D eigenvalue weighted by Crippen LogP contribution is -2.50. The zero-order valence-corrected chi connectivity index (χ0v) is 16.5. The summed E-state index contributed by atoms with van der Waals surface area (Å²) in [5.41, 5.74) is 0.511. The highest BCUT2D eigenvalue weighted by Gasteiger charge is 2.32. The molecular weight excluding hydrogens is 352 g/mol. The average molecular weight is 381 g/mol. The Balaban J connectivity index is 1.78. The quantitative estimate of drug-likeness (QED) is 0.808. The molecule has 0 bridgehead atoms. The van der Waals surface area contributed by atoms with Gasteiger partial charge < -0.3 is 9.64 Å². The number of piperidine rings is 1. The van der Waals surface area contributed by atoms with E-state index in [1.807, 2.05) is 20.8 Å². The number of sulfonamides is 1. The monoisotopic (exact) mass is 380 g/mol. The molecule has 3 atom stereocenters. The molecule has 1 aromatic carbocycles. The number of carbonyl (C=O) groups excluding carboxylic acids is 1. The molecule has 2 aliphatic rings. The van der Waals surface area contributed by atoms with Crippen molar-refractivity contribution in [2.75, 3.05) is 19.7 Å². The van der Waals surface area contributed by atoms with Gasteiger partial charge in [0.25, 0.3) is 5.91 Å². The molecule has 1 amide bonds. The van der Waals surface area contributed by atoms with E-state index in [2.05, 4.69) is 0 Å². The van der Waals surface area contributed by atoms with E-state index in [1.165, 1.54) is 0 Å². The van der Waals surface area contributed by atoms with Gasteiger partial charge in [0.2, 0.25) is 10.0 Å². The number of benzene rings is 1. The molecule has 0 aliphatic carbocycles. The summed E-state index contributed by atoms with van der Waals surface area (Å²) in [5.74, 6) is -0.0806. The van der Waals surface area contributed by atoms with Crippen molar-refractivity contribution in [1.82, 2.24) is 9.21 Å². The van der Waals surface area contributed by atoms with Gasteiger partial charge in [0.15, 0.2) is 0 Å². The van der Waals surface area contributed by atoms with Gasteiger partial charge in [-0.1, -0.05) is 6.42 Å². The van der Waals surface area contributed by atoms with Gasteiger partial charge in [0, 0.05) is 24.7 Å². The fourth-order valence-corrected chi connectivity index (χ4v) is 5.39. The maximum Gasteiger partial charge on any atom is 0.254 e. The van der Waals surface area contributed by atoms with Crippen molar-refractivity contribution in [3.05, 3.63) is 29.8 Å². The van der Waals surface area contributed by atoms with Crippen LogP contribution in [-0.4, -0.2) is 61.4 Å².